The van der Waals surface area contributed by atoms with Gasteiger partial charge < -0.3 is 4.74 Å². The van der Waals surface area contributed by atoms with Gasteiger partial charge in [0.05, 0.1) is 0 Å². The Morgan fingerprint density at radius 3 is 2.12 bits per heavy atom. The molecule has 0 bridgehead atoms. The Balaban J connectivity index is 1.98. The molecule has 3 rings (SSSR count). The lowest BCUT2D eigenvalue weighted by atomic mass is 9.84. The maximum atomic E-state index is 13.9. The van der Waals surface area contributed by atoms with Crippen LogP contribution in [0.25, 0.3) is 6.08 Å². The van der Waals surface area contributed by atoms with Gasteiger partial charge in [-0.25, -0.2) is 4.79 Å². The first kappa shape index (κ1) is 17.0. The normalized spacial score (nSPS) is 21.1. The maximum absolute atomic E-state index is 13.9. The minimum Gasteiger partial charge on any atom is -0.441 e. The topological polar surface area (TPSA) is 26.3 Å². The quantitative estimate of drug-likeness (QED) is 0.730. The maximum Gasteiger partial charge on any atom is 0.433 e. The van der Waals surface area contributed by atoms with Crippen molar-refractivity contribution < 1.29 is 22.7 Å². The zero-order valence-corrected chi connectivity index (χ0v) is 13.2. The Labute approximate surface area is 143 Å². The van der Waals surface area contributed by atoms with E-state index in [9.17, 15) is 18.0 Å². The van der Waals surface area contributed by atoms with Crippen LogP contribution in [-0.2, 0) is 15.1 Å². The van der Waals surface area contributed by atoms with Crippen molar-refractivity contribution in [1.82, 2.24) is 0 Å². The number of cyclic esters (lactones) is 1. The molecule has 2 nitrogen and oxygen atoms in total. The smallest absolute Gasteiger partial charge is 0.433 e. The molecule has 1 heterocycles. The van der Waals surface area contributed by atoms with Crippen molar-refractivity contribution in [2.24, 2.45) is 0 Å². The van der Waals surface area contributed by atoms with Crippen molar-refractivity contribution in [3.05, 3.63) is 89.5 Å². The van der Waals surface area contributed by atoms with Crippen LogP contribution in [0, 0.1) is 0 Å². The zero-order valence-electron chi connectivity index (χ0n) is 13.2. The summed E-state index contributed by atoms with van der Waals surface area (Å²) in [6.07, 6.45) is -0.887. The van der Waals surface area contributed by atoms with Gasteiger partial charge in [-0.15, -0.1) is 0 Å². The third-order valence-electron chi connectivity index (χ3n) is 4.02. The van der Waals surface area contributed by atoms with Gasteiger partial charge in [-0.1, -0.05) is 72.8 Å². The summed E-state index contributed by atoms with van der Waals surface area (Å²) < 4.78 is 46.4. The van der Waals surface area contributed by atoms with Gasteiger partial charge in [0.2, 0.25) is 5.60 Å². The standard InChI is InChI=1S/C20H15F3O2/c21-20(22,23)19(17-9-5-2-6-10-17)14-16(13-18(24)25-19)12-11-15-7-3-1-4-8-15/h1-13H,14H2/b12-11-/t19-/m1/s1. The molecular weight excluding hydrogens is 329 g/mol. The first-order valence-corrected chi connectivity index (χ1v) is 7.70. The number of hydrogen-bond acceptors (Lipinski definition) is 2. The van der Waals surface area contributed by atoms with Crippen molar-refractivity contribution in [3.8, 4) is 0 Å². The molecule has 1 aliphatic rings. The molecule has 0 N–H and O–H groups in total. The number of esters is 1. The van der Waals surface area contributed by atoms with Gasteiger partial charge in [0.1, 0.15) is 0 Å². The molecular formula is C20H15F3O2. The fraction of sp³-hybridized carbons (Fsp3) is 0.150. The van der Waals surface area contributed by atoms with Crippen LogP contribution in [0.3, 0.4) is 0 Å². The summed E-state index contributed by atoms with van der Waals surface area (Å²) in [7, 11) is 0. The van der Waals surface area contributed by atoms with Gasteiger partial charge in [0.15, 0.2) is 0 Å². The molecule has 25 heavy (non-hydrogen) atoms. The monoisotopic (exact) mass is 344 g/mol. The van der Waals surface area contributed by atoms with Gasteiger partial charge in [-0.05, 0) is 11.1 Å². The molecule has 0 unspecified atom stereocenters. The van der Waals surface area contributed by atoms with E-state index in [1.165, 1.54) is 30.3 Å². The van der Waals surface area contributed by atoms with Crippen molar-refractivity contribution in [2.75, 3.05) is 0 Å². The van der Waals surface area contributed by atoms with Crippen LogP contribution in [0.1, 0.15) is 17.5 Å². The van der Waals surface area contributed by atoms with Crippen molar-refractivity contribution in [2.45, 2.75) is 18.2 Å². The summed E-state index contributed by atoms with van der Waals surface area (Å²) in [6, 6.07) is 16.4. The first-order chi connectivity index (χ1) is 11.9. The number of carbonyl (C=O) groups is 1. The SMILES string of the molecule is O=C1C=C(/C=C\c2ccccc2)C[C@@](c2ccccc2)(C(F)(F)F)O1. The number of benzene rings is 2. The lowest BCUT2D eigenvalue weighted by Crippen LogP contribution is -2.48. The highest BCUT2D eigenvalue weighted by atomic mass is 19.4. The second kappa shape index (κ2) is 6.59. The second-order valence-electron chi connectivity index (χ2n) is 5.75. The Bertz CT molecular complexity index is 808. The molecule has 0 amide bonds. The molecule has 0 aliphatic carbocycles. The van der Waals surface area contributed by atoms with Gasteiger partial charge in [0.25, 0.3) is 0 Å². The average molecular weight is 344 g/mol. The lowest BCUT2D eigenvalue weighted by molar-refractivity contribution is -0.276. The molecule has 128 valence electrons. The van der Waals surface area contributed by atoms with Crippen molar-refractivity contribution >= 4 is 12.0 Å². The number of carbonyl (C=O) groups excluding carboxylic acids is 1. The minimum atomic E-state index is -4.73. The fourth-order valence-electron chi connectivity index (χ4n) is 2.79. The van der Waals surface area contributed by atoms with Crippen LogP contribution in [0.2, 0.25) is 0 Å². The van der Waals surface area contributed by atoms with E-state index in [2.05, 4.69) is 0 Å². The van der Waals surface area contributed by atoms with Gasteiger partial charge in [-0.2, -0.15) is 13.2 Å². The Morgan fingerprint density at radius 1 is 0.920 bits per heavy atom. The van der Waals surface area contributed by atoms with Crippen molar-refractivity contribution in [1.29, 1.82) is 0 Å². The Kier molecular flexibility index (Phi) is 4.49. The molecule has 0 radical (unpaired) electrons. The second-order valence-corrected chi connectivity index (χ2v) is 5.75. The van der Waals surface area contributed by atoms with E-state index in [1.807, 2.05) is 30.3 Å². The average Bonchev–Trinajstić information content (AvgIpc) is 2.60. The molecule has 0 saturated heterocycles. The molecule has 2 aromatic carbocycles. The molecule has 0 spiro atoms. The third-order valence-corrected chi connectivity index (χ3v) is 4.02. The highest BCUT2D eigenvalue weighted by molar-refractivity contribution is 5.85. The van der Waals surface area contributed by atoms with Crippen LogP contribution >= 0.6 is 0 Å². The van der Waals surface area contributed by atoms with Gasteiger partial charge >= 0.3 is 12.1 Å². The van der Waals surface area contributed by atoms with Crippen LogP contribution < -0.4 is 0 Å². The summed E-state index contributed by atoms with van der Waals surface area (Å²) in [5.74, 6) is -1.000. The van der Waals surface area contributed by atoms with Crippen LogP contribution in [0.15, 0.2) is 78.4 Å². The zero-order chi connectivity index (χ0) is 17.9. The summed E-state index contributed by atoms with van der Waals surface area (Å²) in [5.41, 5.74) is -1.66. The molecule has 0 fully saturated rings. The third kappa shape index (κ3) is 3.50. The summed E-state index contributed by atoms with van der Waals surface area (Å²) >= 11 is 0. The van der Waals surface area contributed by atoms with E-state index < -0.39 is 24.2 Å². The highest BCUT2D eigenvalue weighted by Gasteiger charge is 2.60. The first-order valence-electron chi connectivity index (χ1n) is 7.70. The van der Waals surface area contributed by atoms with Crippen LogP contribution in [-0.4, -0.2) is 12.1 Å². The van der Waals surface area contributed by atoms with E-state index in [4.69, 9.17) is 4.74 Å². The Morgan fingerprint density at radius 2 is 1.52 bits per heavy atom. The minimum absolute atomic E-state index is 0.0884. The number of alkyl halides is 3. The number of halogens is 3. The van der Waals surface area contributed by atoms with E-state index in [1.54, 1.807) is 12.1 Å². The predicted octanol–water partition coefficient (Wildman–Crippen LogP) is 5.03. The van der Waals surface area contributed by atoms with Gasteiger partial charge in [-0.3, -0.25) is 0 Å². The molecule has 0 aromatic heterocycles. The van der Waals surface area contributed by atoms with E-state index in [0.717, 1.165) is 11.6 Å². The fourth-order valence-corrected chi connectivity index (χ4v) is 2.79. The highest BCUT2D eigenvalue weighted by Crippen LogP contribution is 2.48. The number of allylic oxidation sites excluding steroid dienone is 1. The largest absolute Gasteiger partial charge is 0.441 e. The number of hydrogen-bond donors (Lipinski definition) is 0. The predicted molar refractivity (Wildman–Crippen MR) is 88.4 cm³/mol. The van der Waals surface area contributed by atoms with Gasteiger partial charge in [0, 0.05) is 18.1 Å². The number of ether oxygens (including phenoxy) is 1. The van der Waals surface area contributed by atoms with E-state index in [0.29, 0.717) is 0 Å². The van der Waals surface area contributed by atoms with Crippen LogP contribution in [0.4, 0.5) is 13.2 Å². The lowest BCUT2D eigenvalue weighted by Gasteiger charge is -2.37. The van der Waals surface area contributed by atoms with Crippen LogP contribution in [0.5, 0.6) is 0 Å². The van der Waals surface area contributed by atoms with E-state index >= 15 is 0 Å². The molecule has 0 saturated carbocycles. The van der Waals surface area contributed by atoms with E-state index in [-0.39, 0.29) is 11.1 Å². The molecule has 5 heteroatoms. The molecule has 1 aliphatic heterocycles. The Hall–Kier alpha value is -2.82. The molecule has 2 aromatic rings. The number of rotatable bonds is 3. The summed E-state index contributed by atoms with van der Waals surface area (Å²) in [4.78, 5) is 11.9. The summed E-state index contributed by atoms with van der Waals surface area (Å²) in [6.45, 7) is 0. The summed E-state index contributed by atoms with van der Waals surface area (Å²) in [5, 5.41) is 0. The van der Waals surface area contributed by atoms with Crippen molar-refractivity contribution in [3.63, 3.8) is 0 Å². The molecule has 1 atom stereocenters.